The number of nitrogens with zero attached hydrogens (tertiary/aromatic N) is 2. The Bertz CT molecular complexity index is 536. The van der Waals surface area contributed by atoms with Crippen molar-refractivity contribution >= 4 is 5.69 Å². The Hall–Kier alpha value is -1.83. The molecule has 2 rings (SSSR count). The molecule has 1 aromatic carbocycles. The first-order valence-electron chi connectivity index (χ1n) is 7.54. The van der Waals surface area contributed by atoms with E-state index in [1.54, 1.807) is 0 Å². The molecule has 0 atom stereocenters. The fraction of sp³-hybridized carbons (Fsp3) is 0.471. The Morgan fingerprint density at radius 2 is 2.10 bits per heavy atom. The number of likely N-dealkylation sites (N-methyl/N-ethyl adjacent to an activating group) is 1. The van der Waals surface area contributed by atoms with Gasteiger partial charge in [0.2, 0.25) is 0 Å². The number of nitriles is 1. The Balaban J connectivity index is 2.04. The van der Waals surface area contributed by atoms with Gasteiger partial charge in [0.05, 0.1) is 11.6 Å². The zero-order chi connectivity index (χ0) is 15.1. The van der Waals surface area contributed by atoms with E-state index in [0.29, 0.717) is 5.56 Å². The third-order valence-electron chi connectivity index (χ3n) is 3.68. The molecule has 0 aliphatic carbocycles. The third-order valence-corrected chi connectivity index (χ3v) is 3.68. The number of hydrogen-bond acceptors (Lipinski definition) is 4. The average Bonchev–Trinajstić information content (AvgIpc) is 2.97. The molecule has 112 valence electrons. The SMILES string of the molecule is CNC/C(=C\Nc1cc(C)cc(C#N)c1)CN1CCCC1. The highest BCUT2D eigenvalue weighted by atomic mass is 15.1. The molecule has 1 fully saturated rings. The van der Waals surface area contributed by atoms with Crippen LogP contribution >= 0.6 is 0 Å². The summed E-state index contributed by atoms with van der Waals surface area (Å²) in [7, 11) is 1.97. The fourth-order valence-electron chi connectivity index (χ4n) is 2.72. The molecule has 0 spiro atoms. The molecule has 0 aromatic heterocycles. The van der Waals surface area contributed by atoms with Gasteiger partial charge in [-0.1, -0.05) is 0 Å². The fourth-order valence-corrected chi connectivity index (χ4v) is 2.72. The quantitative estimate of drug-likeness (QED) is 0.842. The molecule has 1 aliphatic heterocycles. The average molecular weight is 284 g/mol. The van der Waals surface area contributed by atoms with E-state index < -0.39 is 0 Å². The lowest BCUT2D eigenvalue weighted by atomic mass is 10.1. The van der Waals surface area contributed by atoms with Gasteiger partial charge in [-0.15, -0.1) is 0 Å². The summed E-state index contributed by atoms with van der Waals surface area (Å²) in [5.74, 6) is 0. The highest BCUT2D eigenvalue weighted by Crippen LogP contribution is 2.15. The first-order chi connectivity index (χ1) is 10.2. The van der Waals surface area contributed by atoms with Crippen molar-refractivity contribution in [1.82, 2.24) is 10.2 Å². The first kappa shape index (κ1) is 15.6. The second-order valence-electron chi connectivity index (χ2n) is 5.66. The van der Waals surface area contributed by atoms with E-state index >= 15 is 0 Å². The molecule has 1 aliphatic rings. The summed E-state index contributed by atoms with van der Waals surface area (Å²) in [5, 5.41) is 15.6. The predicted molar refractivity (Wildman–Crippen MR) is 87.2 cm³/mol. The van der Waals surface area contributed by atoms with Gasteiger partial charge in [0.25, 0.3) is 0 Å². The van der Waals surface area contributed by atoms with Crippen LogP contribution in [0.15, 0.2) is 30.0 Å². The summed E-state index contributed by atoms with van der Waals surface area (Å²) in [5.41, 5.74) is 4.10. The lowest BCUT2D eigenvalue weighted by Crippen LogP contribution is -2.26. The van der Waals surface area contributed by atoms with Crippen LogP contribution in [0.25, 0.3) is 0 Å². The van der Waals surface area contributed by atoms with Gasteiger partial charge in [-0.2, -0.15) is 5.26 Å². The molecule has 0 unspecified atom stereocenters. The summed E-state index contributed by atoms with van der Waals surface area (Å²) in [4.78, 5) is 2.49. The highest BCUT2D eigenvalue weighted by Gasteiger charge is 2.12. The molecular weight excluding hydrogens is 260 g/mol. The molecule has 21 heavy (non-hydrogen) atoms. The van der Waals surface area contributed by atoms with Gasteiger partial charge in [-0.3, -0.25) is 4.90 Å². The zero-order valence-electron chi connectivity index (χ0n) is 12.9. The Kier molecular flexibility index (Phi) is 5.79. The number of benzene rings is 1. The monoisotopic (exact) mass is 284 g/mol. The maximum absolute atomic E-state index is 9.03. The molecular formula is C17H24N4. The van der Waals surface area contributed by atoms with E-state index in [1.807, 2.05) is 26.1 Å². The second kappa shape index (κ2) is 7.82. The maximum Gasteiger partial charge on any atom is 0.0992 e. The van der Waals surface area contributed by atoms with E-state index in [1.165, 1.54) is 31.5 Å². The largest absolute Gasteiger partial charge is 0.362 e. The van der Waals surface area contributed by atoms with Crippen molar-refractivity contribution in [2.75, 3.05) is 38.5 Å². The summed E-state index contributed by atoms with van der Waals surface area (Å²) in [6, 6.07) is 8.04. The van der Waals surface area contributed by atoms with Crippen molar-refractivity contribution < 1.29 is 0 Å². The molecule has 0 amide bonds. The Morgan fingerprint density at radius 1 is 1.33 bits per heavy atom. The molecule has 1 heterocycles. The molecule has 1 aromatic rings. The number of anilines is 1. The van der Waals surface area contributed by atoms with Crippen LogP contribution in [0.5, 0.6) is 0 Å². The van der Waals surface area contributed by atoms with Crippen LogP contribution in [-0.2, 0) is 0 Å². The van der Waals surface area contributed by atoms with Crippen LogP contribution < -0.4 is 10.6 Å². The van der Waals surface area contributed by atoms with Crippen molar-refractivity contribution in [2.24, 2.45) is 0 Å². The van der Waals surface area contributed by atoms with Gasteiger partial charge < -0.3 is 10.6 Å². The smallest absolute Gasteiger partial charge is 0.0992 e. The maximum atomic E-state index is 9.03. The lowest BCUT2D eigenvalue weighted by molar-refractivity contribution is 0.365. The Labute approximate surface area is 127 Å². The summed E-state index contributed by atoms with van der Waals surface area (Å²) in [6.07, 6.45) is 4.69. The Morgan fingerprint density at radius 3 is 2.76 bits per heavy atom. The number of rotatable bonds is 6. The third kappa shape index (κ3) is 4.89. The van der Waals surface area contributed by atoms with Gasteiger partial charge in [-0.25, -0.2) is 0 Å². The van der Waals surface area contributed by atoms with Gasteiger partial charge in [-0.05, 0) is 69.2 Å². The van der Waals surface area contributed by atoms with Crippen molar-refractivity contribution in [3.05, 3.63) is 41.1 Å². The minimum atomic E-state index is 0.695. The van der Waals surface area contributed by atoms with Crippen LogP contribution in [0, 0.1) is 18.3 Å². The van der Waals surface area contributed by atoms with E-state index in [9.17, 15) is 0 Å². The van der Waals surface area contributed by atoms with Crippen LogP contribution in [0.1, 0.15) is 24.0 Å². The van der Waals surface area contributed by atoms with Crippen LogP contribution in [0.2, 0.25) is 0 Å². The minimum absolute atomic E-state index is 0.695. The van der Waals surface area contributed by atoms with Crippen molar-refractivity contribution in [3.8, 4) is 6.07 Å². The van der Waals surface area contributed by atoms with Crippen molar-refractivity contribution in [2.45, 2.75) is 19.8 Å². The van der Waals surface area contributed by atoms with Gasteiger partial charge in [0.15, 0.2) is 0 Å². The molecule has 0 radical (unpaired) electrons. The molecule has 1 saturated heterocycles. The molecule has 0 bridgehead atoms. The first-order valence-corrected chi connectivity index (χ1v) is 7.54. The van der Waals surface area contributed by atoms with Crippen molar-refractivity contribution in [3.63, 3.8) is 0 Å². The van der Waals surface area contributed by atoms with Crippen LogP contribution in [0.4, 0.5) is 5.69 Å². The van der Waals surface area contributed by atoms with E-state index in [-0.39, 0.29) is 0 Å². The minimum Gasteiger partial charge on any atom is -0.362 e. The van der Waals surface area contributed by atoms with E-state index in [2.05, 4.69) is 33.9 Å². The van der Waals surface area contributed by atoms with Crippen molar-refractivity contribution in [1.29, 1.82) is 5.26 Å². The van der Waals surface area contributed by atoms with Gasteiger partial charge in [0.1, 0.15) is 0 Å². The topological polar surface area (TPSA) is 51.1 Å². The van der Waals surface area contributed by atoms with Gasteiger partial charge >= 0.3 is 0 Å². The van der Waals surface area contributed by atoms with E-state index in [4.69, 9.17) is 5.26 Å². The summed E-state index contributed by atoms with van der Waals surface area (Å²) in [6.45, 7) is 6.29. The van der Waals surface area contributed by atoms with E-state index in [0.717, 1.165) is 24.3 Å². The molecule has 0 saturated carbocycles. The number of aryl methyl sites for hydroxylation is 1. The molecule has 4 heteroatoms. The molecule has 2 N–H and O–H groups in total. The summed E-state index contributed by atoms with van der Waals surface area (Å²) < 4.78 is 0. The second-order valence-corrected chi connectivity index (χ2v) is 5.66. The lowest BCUT2D eigenvalue weighted by Gasteiger charge is -2.17. The zero-order valence-corrected chi connectivity index (χ0v) is 12.9. The van der Waals surface area contributed by atoms with Gasteiger partial charge in [0, 0.05) is 25.0 Å². The number of hydrogen-bond donors (Lipinski definition) is 2. The highest BCUT2D eigenvalue weighted by molar-refractivity contribution is 5.53. The predicted octanol–water partition coefficient (Wildman–Crippen LogP) is 2.48. The normalized spacial score (nSPS) is 16.0. The molecule has 4 nitrogen and oxygen atoms in total. The van der Waals surface area contributed by atoms with Crippen LogP contribution in [0.3, 0.4) is 0 Å². The van der Waals surface area contributed by atoms with Crippen LogP contribution in [-0.4, -0.2) is 38.1 Å². The summed E-state index contributed by atoms with van der Waals surface area (Å²) >= 11 is 0. The number of nitrogens with one attached hydrogen (secondary N) is 2. The number of likely N-dealkylation sites (tertiary alicyclic amines) is 1. The standard InChI is InChI=1S/C17H24N4/c1-14-7-15(10-18)9-17(8-14)20-12-16(11-19-2)13-21-5-3-4-6-21/h7-9,12,19-20H,3-6,11,13H2,1-2H3/b16-12+.